The van der Waals surface area contributed by atoms with E-state index in [1.54, 1.807) is 14.2 Å². The Labute approximate surface area is 109 Å². The molecule has 3 N–H and O–H groups in total. The first-order valence-corrected chi connectivity index (χ1v) is 6.26. The van der Waals surface area contributed by atoms with Crippen LogP contribution in [0.15, 0.2) is 12.1 Å². The summed E-state index contributed by atoms with van der Waals surface area (Å²) in [5, 5.41) is 3.39. The zero-order valence-corrected chi connectivity index (χ0v) is 11.7. The Morgan fingerprint density at radius 2 is 1.83 bits per heavy atom. The average Bonchev–Trinajstić information content (AvgIpc) is 2.35. The van der Waals surface area contributed by atoms with Crippen LogP contribution in [-0.4, -0.2) is 26.8 Å². The largest absolute Gasteiger partial charge is 0.493 e. The number of methoxy groups -OCH3 is 2. The van der Waals surface area contributed by atoms with E-state index in [1.807, 2.05) is 19.1 Å². The van der Waals surface area contributed by atoms with Gasteiger partial charge in [-0.3, -0.25) is 0 Å². The van der Waals surface area contributed by atoms with Crippen LogP contribution in [0.25, 0.3) is 0 Å². The molecule has 1 aromatic rings. The molecule has 1 aromatic carbocycles. The minimum absolute atomic E-state index is 0.240. The van der Waals surface area contributed by atoms with Crippen molar-refractivity contribution in [3.05, 3.63) is 23.3 Å². The Morgan fingerprint density at radius 3 is 2.39 bits per heavy atom. The highest BCUT2D eigenvalue weighted by atomic mass is 16.5. The first-order valence-electron chi connectivity index (χ1n) is 6.26. The molecule has 102 valence electrons. The normalized spacial score (nSPS) is 12.3. The number of rotatable bonds is 7. The molecule has 0 saturated heterocycles. The predicted molar refractivity (Wildman–Crippen MR) is 74.3 cm³/mol. The third kappa shape index (κ3) is 4.20. The summed E-state index contributed by atoms with van der Waals surface area (Å²) in [6, 6.07) is 4.26. The lowest BCUT2D eigenvalue weighted by molar-refractivity contribution is 0.354. The van der Waals surface area contributed by atoms with Crippen molar-refractivity contribution in [3.8, 4) is 11.5 Å². The summed E-state index contributed by atoms with van der Waals surface area (Å²) in [5.41, 5.74) is 8.12. The van der Waals surface area contributed by atoms with Gasteiger partial charge in [0.2, 0.25) is 0 Å². The summed E-state index contributed by atoms with van der Waals surface area (Å²) < 4.78 is 10.6. The van der Waals surface area contributed by atoms with Crippen molar-refractivity contribution in [2.45, 2.75) is 32.9 Å². The molecule has 0 heterocycles. The summed E-state index contributed by atoms with van der Waals surface area (Å²) in [4.78, 5) is 0. The zero-order valence-electron chi connectivity index (χ0n) is 11.7. The number of nitrogens with two attached hydrogens (primary N) is 1. The second-order valence-electron chi connectivity index (χ2n) is 4.58. The number of nitrogens with one attached hydrogen (secondary N) is 1. The smallest absolute Gasteiger partial charge is 0.161 e. The van der Waals surface area contributed by atoms with Crippen LogP contribution in [0.3, 0.4) is 0 Å². The van der Waals surface area contributed by atoms with Gasteiger partial charge in [0.05, 0.1) is 14.2 Å². The fourth-order valence-corrected chi connectivity index (χ4v) is 1.77. The molecule has 0 aliphatic heterocycles. The second-order valence-corrected chi connectivity index (χ2v) is 4.58. The van der Waals surface area contributed by atoms with Crippen molar-refractivity contribution in [2.75, 3.05) is 20.8 Å². The van der Waals surface area contributed by atoms with E-state index in [1.165, 1.54) is 11.1 Å². The molecule has 1 atom stereocenters. The molecule has 0 radical (unpaired) electrons. The number of ether oxygens (including phenoxy) is 2. The topological polar surface area (TPSA) is 56.5 Å². The van der Waals surface area contributed by atoms with Crippen molar-refractivity contribution in [1.82, 2.24) is 5.32 Å². The van der Waals surface area contributed by atoms with Crippen molar-refractivity contribution in [2.24, 2.45) is 5.73 Å². The summed E-state index contributed by atoms with van der Waals surface area (Å²) in [7, 11) is 3.30. The number of hydrogen-bond acceptors (Lipinski definition) is 4. The maximum atomic E-state index is 5.71. The van der Waals surface area contributed by atoms with Gasteiger partial charge < -0.3 is 20.5 Å². The summed E-state index contributed by atoms with van der Waals surface area (Å²) in [6.07, 6.45) is 0.979. The van der Waals surface area contributed by atoms with Crippen molar-refractivity contribution in [3.63, 3.8) is 0 Å². The van der Waals surface area contributed by atoms with Crippen LogP contribution in [0.2, 0.25) is 0 Å². The van der Waals surface area contributed by atoms with Crippen molar-refractivity contribution < 1.29 is 9.47 Å². The van der Waals surface area contributed by atoms with Crippen LogP contribution in [0.5, 0.6) is 11.5 Å². The van der Waals surface area contributed by atoms with Crippen LogP contribution in [0.4, 0.5) is 0 Å². The lowest BCUT2D eigenvalue weighted by Gasteiger charge is -2.13. The summed E-state index contributed by atoms with van der Waals surface area (Å²) in [6.45, 7) is 5.83. The number of hydrogen-bond donors (Lipinski definition) is 2. The van der Waals surface area contributed by atoms with Crippen LogP contribution >= 0.6 is 0 Å². The Hall–Kier alpha value is -1.26. The monoisotopic (exact) mass is 252 g/mol. The molecule has 18 heavy (non-hydrogen) atoms. The minimum atomic E-state index is 0.240. The lowest BCUT2D eigenvalue weighted by Crippen LogP contribution is -2.23. The van der Waals surface area contributed by atoms with Gasteiger partial charge in [-0.1, -0.05) is 0 Å². The van der Waals surface area contributed by atoms with E-state index in [-0.39, 0.29) is 6.04 Å². The molecule has 4 nitrogen and oxygen atoms in total. The summed E-state index contributed by atoms with van der Waals surface area (Å²) in [5.74, 6) is 1.54. The summed E-state index contributed by atoms with van der Waals surface area (Å²) >= 11 is 0. The first-order chi connectivity index (χ1) is 8.58. The molecule has 1 unspecified atom stereocenters. The fourth-order valence-electron chi connectivity index (χ4n) is 1.77. The quantitative estimate of drug-likeness (QED) is 0.727. The number of aryl methyl sites for hydroxylation is 1. The van der Waals surface area contributed by atoms with Crippen molar-refractivity contribution in [1.29, 1.82) is 0 Å². The predicted octanol–water partition coefficient (Wildman–Crippen LogP) is 1.84. The molecule has 0 aromatic heterocycles. The molecule has 0 saturated carbocycles. The second kappa shape index (κ2) is 7.24. The first kappa shape index (κ1) is 14.8. The third-order valence-electron chi connectivity index (χ3n) is 2.93. The standard InChI is InChI=1S/C14H24N2O2/c1-10-7-13(17-3)14(18-4)8-12(10)9-16-6-5-11(2)15/h7-8,11,16H,5-6,9,15H2,1-4H3. The molecule has 0 bridgehead atoms. The molecular weight excluding hydrogens is 228 g/mol. The van der Waals surface area contributed by atoms with Gasteiger partial charge in [0.1, 0.15) is 0 Å². The van der Waals surface area contributed by atoms with Crippen LogP contribution < -0.4 is 20.5 Å². The Balaban J connectivity index is 2.65. The fraction of sp³-hybridized carbons (Fsp3) is 0.571. The third-order valence-corrected chi connectivity index (χ3v) is 2.93. The molecule has 4 heteroatoms. The van der Waals surface area contributed by atoms with Gasteiger partial charge in [-0.05, 0) is 50.1 Å². The van der Waals surface area contributed by atoms with E-state index >= 15 is 0 Å². The van der Waals surface area contributed by atoms with Gasteiger partial charge in [-0.25, -0.2) is 0 Å². The van der Waals surface area contributed by atoms with Crippen LogP contribution in [0.1, 0.15) is 24.5 Å². The highest BCUT2D eigenvalue weighted by molar-refractivity contribution is 5.46. The van der Waals surface area contributed by atoms with Gasteiger partial charge >= 0.3 is 0 Å². The maximum Gasteiger partial charge on any atom is 0.161 e. The van der Waals surface area contributed by atoms with Crippen molar-refractivity contribution >= 4 is 0 Å². The highest BCUT2D eigenvalue weighted by Gasteiger charge is 2.08. The van der Waals surface area contributed by atoms with E-state index in [9.17, 15) is 0 Å². The molecule has 1 rings (SSSR count). The average molecular weight is 252 g/mol. The van der Waals surface area contributed by atoms with Gasteiger partial charge in [0.25, 0.3) is 0 Å². The molecular formula is C14H24N2O2. The van der Waals surface area contributed by atoms with Gasteiger partial charge in [-0.2, -0.15) is 0 Å². The molecule has 0 spiro atoms. The molecule has 0 aliphatic rings. The maximum absolute atomic E-state index is 5.71. The van der Waals surface area contributed by atoms with E-state index in [4.69, 9.17) is 15.2 Å². The van der Waals surface area contributed by atoms with E-state index in [2.05, 4.69) is 12.2 Å². The molecule has 0 fully saturated rings. The van der Waals surface area contributed by atoms with Gasteiger partial charge in [0, 0.05) is 12.6 Å². The van der Waals surface area contributed by atoms with E-state index < -0.39 is 0 Å². The zero-order chi connectivity index (χ0) is 13.5. The Bertz CT molecular complexity index is 378. The van der Waals surface area contributed by atoms with Gasteiger partial charge in [-0.15, -0.1) is 0 Å². The Kier molecular flexibility index (Phi) is 5.95. The Morgan fingerprint density at radius 1 is 1.22 bits per heavy atom. The lowest BCUT2D eigenvalue weighted by atomic mass is 10.1. The molecule has 0 aliphatic carbocycles. The van der Waals surface area contributed by atoms with E-state index in [0.717, 1.165) is 31.0 Å². The van der Waals surface area contributed by atoms with Crippen LogP contribution in [0, 0.1) is 6.92 Å². The van der Waals surface area contributed by atoms with Crippen LogP contribution in [-0.2, 0) is 6.54 Å². The SMILES string of the molecule is COc1cc(C)c(CNCCC(C)N)cc1OC. The van der Waals surface area contributed by atoms with Gasteiger partial charge in [0.15, 0.2) is 11.5 Å². The highest BCUT2D eigenvalue weighted by Crippen LogP contribution is 2.30. The van der Waals surface area contributed by atoms with E-state index in [0.29, 0.717) is 0 Å². The number of benzene rings is 1. The minimum Gasteiger partial charge on any atom is -0.493 e. The molecule has 0 amide bonds.